The van der Waals surface area contributed by atoms with E-state index < -0.39 is 9.04 Å². The summed E-state index contributed by atoms with van der Waals surface area (Å²) in [4.78, 5) is 0. The molecule has 9 heavy (non-hydrogen) atoms. The van der Waals surface area contributed by atoms with Gasteiger partial charge in [0, 0.05) is 6.61 Å². The van der Waals surface area contributed by atoms with Crippen LogP contribution in [-0.4, -0.2) is 20.1 Å². The van der Waals surface area contributed by atoms with Crippen molar-refractivity contribution in [2.75, 3.05) is 6.61 Å². The van der Waals surface area contributed by atoms with Crippen LogP contribution in [-0.2, 0) is 4.43 Å². The highest BCUT2D eigenvalue weighted by molar-refractivity contribution is 6.76. The topological polar surface area (TPSA) is 9.23 Å². The van der Waals surface area contributed by atoms with E-state index in [4.69, 9.17) is 27.6 Å². The van der Waals surface area contributed by atoms with E-state index in [-0.39, 0.29) is 4.46 Å². The van der Waals surface area contributed by atoms with Gasteiger partial charge in [-0.25, -0.2) is 0 Å². The minimum absolute atomic E-state index is 0.203. The van der Waals surface area contributed by atoms with Gasteiger partial charge < -0.3 is 4.43 Å². The molecule has 0 radical (unpaired) electrons. The van der Waals surface area contributed by atoms with E-state index >= 15 is 0 Å². The van der Waals surface area contributed by atoms with E-state index in [1.165, 1.54) is 12.8 Å². The molecule has 1 nitrogen and oxygen atoms in total. The van der Waals surface area contributed by atoms with E-state index in [9.17, 15) is 0 Å². The third-order valence-electron chi connectivity index (χ3n) is 1.50. The van der Waals surface area contributed by atoms with Crippen LogP contribution in [0, 0.1) is 0 Å². The van der Waals surface area contributed by atoms with Gasteiger partial charge >= 0.3 is 0 Å². The molecule has 0 bridgehead atoms. The number of hydrogen-bond acceptors (Lipinski definition) is 1. The van der Waals surface area contributed by atoms with Crippen LogP contribution in [0.25, 0.3) is 0 Å². The Hall–Kier alpha value is 0.757. The quantitative estimate of drug-likeness (QED) is 0.447. The van der Waals surface area contributed by atoms with Gasteiger partial charge in [-0.3, -0.25) is 0 Å². The van der Waals surface area contributed by atoms with E-state index in [0.29, 0.717) is 0 Å². The van der Waals surface area contributed by atoms with Gasteiger partial charge in [-0.2, -0.15) is 0 Å². The summed E-state index contributed by atoms with van der Waals surface area (Å²) in [6.07, 6.45) is 2.44. The Balaban J connectivity index is 2.23. The summed E-state index contributed by atoms with van der Waals surface area (Å²) in [6, 6.07) is 1.15. The lowest BCUT2D eigenvalue weighted by atomic mass is 10.4. The molecule has 0 aromatic carbocycles. The van der Waals surface area contributed by atoms with Gasteiger partial charge in [0.2, 0.25) is 9.04 Å². The molecule has 1 atom stereocenters. The van der Waals surface area contributed by atoms with Gasteiger partial charge in [-0.1, -0.05) is 6.42 Å². The molecular formula is C5H10Cl2OSi. The van der Waals surface area contributed by atoms with Crippen molar-refractivity contribution in [3.63, 3.8) is 0 Å². The van der Waals surface area contributed by atoms with Crippen molar-refractivity contribution in [3.8, 4) is 0 Å². The van der Waals surface area contributed by atoms with Crippen molar-refractivity contribution in [1.82, 2.24) is 0 Å². The van der Waals surface area contributed by atoms with Crippen LogP contribution in [0.5, 0.6) is 0 Å². The van der Waals surface area contributed by atoms with Crippen molar-refractivity contribution in [2.24, 2.45) is 0 Å². The Morgan fingerprint density at radius 3 is 2.44 bits per heavy atom. The van der Waals surface area contributed by atoms with Crippen molar-refractivity contribution < 1.29 is 4.43 Å². The molecule has 1 aliphatic heterocycles. The lowest BCUT2D eigenvalue weighted by Gasteiger charge is -2.21. The molecule has 0 aromatic heterocycles. The number of halogens is 2. The smallest absolute Gasteiger partial charge is 0.210 e. The zero-order valence-corrected chi connectivity index (χ0v) is 7.81. The van der Waals surface area contributed by atoms with E-state index in [2.05, 4.69) is 0 Å². The first-order valence-electron chi connectivity index (χ1n) is 3.20. The number of hydrogen-bond donors (Lipinski definition) is 0. The Kier molecular flexibility index (Phi) is 3.33. The molecule has 54 valence electrons. The molecule has 0 saturated carbocycles. The van der Waals surface area contributed by atoms with Crippen molar-refractivity contribution in [2.45, 2.75) is 23.3 Å². The van der Waals surface area contributed by atoms with Gasteiger partial charge in [0.15, 0.2) is 0 Å². The van der Waals surface area contributed by atoms with Crippen molar-refractivity contribution in [1.29, 1.82) is 0 Å². The minimum Gasteiger partial charge on any atom is -0.417 e. The van der Waals surface area contributed by atoms with Crippen LogP contribution in [0.4, 0.5) is 0 Å². The average Bonchev–Trinajstić information content (AvgIpc) is 1.90. The fraction of sp³-hybridized carbons (Fsp3) is 1.00. The monoisotopic (exact) mass is 184 g/mol. The summed E-state index contributed by atoms with van der Waals surface area (Å²) >= 11 is 11.3. The van der Waals surface area contributed by atoms with Crippen LogP contribution in [0.15, 0.2) is 0 Å². The van der Waals surface area contributed by atoms with Crippen LogP contribution in [0.3, 0.4) is 0 Å². The maximum atomic E-state index is 5.66. The lowest BCUT2D eigenvalue weighted by Crippen LogP contribution is -2.29. The maximum absolute atomic E-state index is 5.66. The third-order valence-corrected chi connectivity index (χ3v) is 5.39. The third kappa shape index (κ3) is 2.46. The predicted molar refractivity (Wildman–Crippen MR) is 42.6 cm³/mol. The standard InChI is InChI=1S/C5H10Cl2OSi/c6-5(7)9-4-2-1-3-8-9/h5,9H,1-4H2. The van der Waals surface area contributed by atoms with Gasteiger partial charge in [-0.05, 0) is 12.5 Å². The lowest BCUT2D eigenvalue weighted by molar-refractivity contribution is 0.288. The summed E-state index contributed by atoms with van der Waals surface area (Å²) in [5.74, 6) is 0. The Morgan fingerprint density at radius 1 is 1.33 bits per heavy atom. The first-order chi connectivity index (χ1) is 4.30. The van der Waals surface area contributed by atoms with Gasteiger partial charge in [-0.15, -0.1) is 23.2 Å². The average molecular weight is 185 g/mol. The largest absolute Gasteiger partial charge is 0.417 e. The van der Waals surface area contributed by atoms with Crippen LogP contribution < -0.4 is 0 Å². The van der Waals surface area contributed by atoms with Gasteiger partial charge in [0.25, 0.3) is 0 Å². The highest BCUT2D eigenvalue weighted by Gasteiger charge is 2.22. The zero-order chi connectivity index (χ0) is 6.69. The minimum atomic E-state index is -1.17. The second-order valence-electron chi connectivity index (χ2n) is 2.24. The van der Waals surface area contributed by atoms with Crippen LogP contribution in [0.2, 0.25) is 6.04 Å². The van der Waals surface area contributed by atoms with Crippen LogP contribution >= 0.6 is 23.2 Å². The molecule has 1 rings (SSSR count). The first-order valence-corrected chi connectivity index (χ1v) is 6.03. The SMILES string of the molecule is ClC(Cl)[SiH]1CCCCO1. The second kappa shape index (κ2) is 3.81. The molecule has 4 heteroatoms. The van der Waals surface area contributed by atoms with E-state index in [1.54, 1.807) is 0 Å². The molecule has 1 unspecified atom stereocenters. The molecule has 0 spiro atoms. The zero-order valence-electron chi connectivity index (χ0n) is 5.15. The fourth-order valence-electron chi connectivity index (χ4n) is 0.964. The van der Waals surface area contributed by atoms with Crippen molar-refractivity contribution >= 4 is 32.2 Å². The Bertz CT molecular complexity index is 83.0. The van der Waals surface area contributed by atoms with Crippen LogP contribution in [0.1, 0.15) is 12.8 Å². The van der Waals surface area contributed by atoms with E-state index in [1.807, 2.05) is 0 Å². The predicted octanol–water partition coefficient (Wildman–Crippen LogP) is 1.86. The Morgan fingerprint density at radius 2 is 2.11 bits per heavy atom. The summed E-state index contributed by atoms with van der Waals surface area (Å²) in [5, 5.41) is 0. The maximum Gasteiger partial charge on any atom is 0.210 e. The molecule has 1 fully saturated rings. The summed E-state index contributed by atoms with van der Waals surface area (Å²) in [7, 11) is -1.17. The molecule has 0 aliphatic carbocycles. The molecule has 1 heterocycles. The van der Waals surface area contributed by atoms with Gasteiger partial charge in [0.05, 0.1) is 0 Å². The van der Waals surface area contributed by atoms with E-state index in [0.717, 1.165) is 12.7 Å². The number of alkyl halides is 2. The molecule has 0 amide bonds. The molecule has 0 N–H and O–H groups in total. The second-order valence-corrected chi connectivity index (χ2v) is 6.90. The summed E-state index contributed by atoms with van der Waals surface area (Å²) in [5.41, 5.74) is 0. The highest BCUT2D eigenvalue weighted by atomic mass is 35.5. The summed E-state index contributed by atoms with van der Waals surface area (Å²) in [6.45, 7) is 0.882. The number of rotatable bonds is 1. The molecular weight excluding hydrogens is 175 g/mol. The van der Waals surface area contributed by atoms with Gasteiger partial charge in [0.1, 0.15) is 4.46 Å². The first kappa shape index (κ1) is 7.86. The molecule has 1 saturated heterocycles. The summed E-state index contributed by atoms with van der Waals surface area (Å²) < 4.78 is 5.21. The van der Waals surface area contributed by atoms with Crippen molar-refractivity contribution in [3.05, 3.63) is 0 Å². The fourth-order valence-corrected chi connectivity index (χ4v) is 3.88. The molecule has 0 aromatic rings. The normalized spacial score (nSPS) is 29.0. The molecule has 1 aliphatic rings. The Labute approximate surface area is 67.0 Å². The highest BCUT2D eigenvalue weighted by Crippen LogP contribution is 2.18.